The summed E-state index contributed by atoms with van der Waals surface area (Å²) in [7, 11) is 0. The first-order valence-electron chi connectivity index (χ1n) is 9.72. The second-order valence-electron chi connectivity index (χ2n) is 7.42. The Balaban J connectivity index is 1.54. The number of amides is 2. The van der Waals surface area contributed by atoms with Crippen molar-refractivity contribution in [3.63, 3.8) is 0 Å². The van der Waals surface area contributed by atoms with Gasteiger partial charge in [0.2, 0.25) is 11.8 Å². The molecular formula is C20H23F3N4O3. The van der Waals surface area contributed by atoms with Crippen LogP contribution in [0, 0.1) is 0 Å². The zero-order valence-corrected chi connectivity index (χ0v) is 16.8. The number of hydrogen-bond acceptors (Lipinski definition) is 5. The van der Waals surface area contributed by atoms with E-state index in [-0.39, 0.29) is 50.0 Å². The second-order valence-corrected chi connectivity index (χ2v) is 7.42. The summed E-state index contributed by atoms with van der Waals surface area (Å²) in [6.45, 7) is 4.75. The first kappa shape index (κ1) is 21.8. The summed E-state index contributed by atoms with van der Waals surface area (Å²) < 4.78 is 44.6. The number of rotatable bonds is 5. The molecule has 0 saturated carbocycles. The van der Waals surface area contributed by atoms with Gasteiger partial charge in [-0.1, -0.05) is 31.1 Å². The van der Waals surface area contributed by atoms with E-state index in [1.807, 2.05) is 13.8 Å². The van der Waals surface area contributed by atoms with Gasteiger partial charge in [0.25, 0.3) is 5.91 Å². The predicted molar refractivity (Wildman–Crippen MR) is 101 cm³/mol. The van der Waals surface area contributed by atoms with Crippen molar-refractivity contribution in [2.24, 2.45) is 0 Å². The summed E-state index contributed by atoms with van der Waals surface area (Å²) in [6, 6.07) is 4.74. The molecule has 2 aromatic rings. The number of nitrogens with zero attached hydrogens (tertiary/aromatic N) is 4. The van der Waals surface area contributed by atoms with Gasteiger partial charge >= 0.3 is 6.18 Å². The number of aromatic nitrogens is 2. The molecule has 1 aliphatic heterocycles. The van der Waals surface area contributed by atoms with Crippen LogP contribution in [-0.2, 0) is 17.4 Å². The van der Waals surface area contributed by atoms with E-state index in [0.29, 0.717) is 18.1 Å². The highest BCUT2D eigenvalue weighted by atomic mass is 19.4. The summed E-state index contributed by atoms with van der Waals surface area (Å²) in [5.74, 6) is 0.309. The summed E-state index contributed by atoms with van der Waals surface area (Å²) >= 11 is 0. The lowest BCUT2D eigenvalue weighted by molar-refractivity contribution is -0.138. The van der Waals surface area contributed by atoms with Gasteiger partial charge in [-0.05, 0) is 12.1 Å². The number of aryl methyl sites for hydroxylation is 1. The second kappa shape index (κ2) is 8.85. The lowest BCUT2D eigenvalue weighted by Crippen LogP contribution is -2.50. The fraction of sp³-hybridized carbons (Fsp3) is 0.500. The fourth-order valence-electron chi connectivity index (χ4n) is 3.22. The largest absolute Gasteiger partial charge is 0.417 e. The Kier molecular flexibility index (Phi) is 6.42. The number of halogens is 3. The van der Waals surface area contributed by atoms with Crippen LogP contribution < -0.4 is 0 Å². The molecule has 1 aromatic carbocycles. The van der Waals surface area contributed by atoms with Crippen LogP contribution in [0.2, 0.25) is 0 Å². The minimum atomic E-state index is -4.60. The Morgan fingerprint density at radius 1 is 1.10 bits per heavy atom. The quantitative estimate of drug-likeness (QED) is 0.737. The molecule has 30 heavy (non-hydrogen) atoms. The molecule has 1 aliphatic rings. The maximum Gasteiger partial charge on any atom is 0.417 e. The molecule has 0 atom stereocenters. The highest BCUT2D eigenvalue weighted by Gasteiger charge is 2.36. The topological polar surface area (TPSA) is 79.5 Å². The van der Waals surface area contributed by atoms with Gasteiger partial charge in [-0.3, -0.25) is 9.59 Å². The van der Waals surface area contributed by atoms with E-state index in [0.717, 1.165) is 6.07 Å². The molecule has 1 aromatic heterocycles. The first-order valence-corrected chi connectivity index (χ1v) is 9.72. The lowest BCUT2D eigenvalue weighted by atomic mass is 10.1. The number of hydrogen-bond donors (Lipinski definition) is 0. The molecular weight excluding hydrogens is 401 g/mol. The Labute approximate surface area is 171 Å². The van der Waals surface area contributed by atoms with E-state index in [1.165, 1.54) is 23.1 Å². The third-order valence-corrected chi connectivity index (χ3v) is 4.94. The number of carbonyl (C=O) groups is 2. The van der Waals surface area contributed by atoms with E-state index in [4.69, 9.17) is 4.52 Å². The monoisotopic (exact) mass is 424 g/mol. The maximum absolute atomic E-state index is 13.2. The van der Waals surface area contributed by atoms with Crippen LogP contribution in [0.25, 0.3) is 0 Å². The molecule has 10 heteroatoms. The molecule has 3 rings (SSSR count). The van der Waals surface area contributed by atoms with Gasteiger partial charge in [0, 0.05) is 44.9 Å². The number of carbonyl (C=O) groups excluding carboxylic acids is 2. The van der Waals surface area contributed by atoms with Gasteiger partial charge in [0.1, 0.15) is 0 Å². The van der Waals surface area contributed by atoms with Crippen LogP contribution in [0.15, 0.2) is 28.8 Å². The SMILES string of the molecule is CC(C)c1noc(CCC(=O)N2CCN(C(=O)c3ccccc3C(F)(F)F)CC2)n1. The van der Waals surface area contributed by atoms with E-state index in [9.17, 15) is 22.8 Å². The first-order chi connectivity index (χ1) is 14.2. The molecule has 0 N–H and O–H groups in total. The molecule has 7 nitrogen and oxygen atoms in total. The number of alkyl halides is 3. The highest BCUT2D eigenvalue weighted by Crippen LogP contribution is 2.32. The summed E-state index contributed by atoms with van der Waals surface area (Å²) in [5.41, 5.74) is -1.32. The molecule has 0 spiro atoms. The van der Waals surface area contributed by atoms with E-state index >= 15 is 0 Å². The normalized spacial score (nSPS) is 15.0. The zero-order chi connectivity index (χ0) is 21.9. The minimum Gasteiger partial charge on any atom is -0.339 e. The van der Waals surface area contributed by atoms with E-state index in [1.54, 1.807) is 4.90 Å². The van der Waals surface area contributed by atoms with Crippen molar-refractivity contribution < 1.29 is 27.3 Å². The fourth-order valence-corrected chi connectivity index (χ4v) is 3.22. The van der Waals surface area contributed by atoms with Crippen molar-refractivity contribution in [1.82, 2.24) is 19.9 Å². The molecule has 1 fully saturated rings. The van der Waals surface area contributed by atoms with Gasteiger partial charge < -0.3 is 14.3 Å². The molecule has 0 unspecified atom stereocenters. The van der Waals surface area contributed by atoms with Crippen molar-refractivity contribution in [1.29, 1.82) is 0 Å². The third kappa shape index (κ3) is 4.98. The molecule has 1 saturated heterocycles. The maximum atomic E-state index is 13.2. The van der Waals surface area contributed by atoms with Crippen LogP contribution in [0.1, 0.15) is 53.8 Å². The average Bonchev–Trinajstić information content (AvgIpc) is 3.20. The smallest absolute Gasteiger partial charge is 0.339 e. The molecule has 0 bridgehead atoms. The van der Waals surface area contributed by atoms with Gasteiger partial charge in [0.15, 0.2) is 5.82 Å². The lowest BCUT2D eigenvalue weighted by Gasteiger charge is -2.35. The number of benzene rings is 1. The Morgan fingerprint density at radius 3 is 2.33 bits per heavy atom. The summed E-state index contributed by atoms with van der Waals surface area (Å²) in [5, 5.41) is 3.85. The van der Waals surface area contributed by atoms with Gasteiger partial charge in [-0.25, -0.2) is 0 Å². The molecule has 2 amide bonds. The van der Waals surface area contributed by atoms with Crippen molar-refractivity contribution in [3.05, 3.63) is 47.1 Å². The Bertz CT molecular complexity index is 903. The van der Waals surface area contributed by atoms with Crippen LogP contribution >= 0.6 is 0 Å². The number of piperazine rings is 1. The van der Waals surface area contributed by atoms with Crippen LogP contribution in [-0.4, -0.2) is 57.9 Å². The highest BCUT2D eigenvalue weighted by molar-refractivity contribution is 5.96. The summed E-state index contributed by atoms with van der Waals surface area (Å²) in [6.07, 6.45) is -4.10. The molecule has 2 heterocycles. The van der Waals surface area contributed by atoms with Crippen LogP contribution in [0.4, 0.5) is 13.2 Å². The standard InChI is InChI=1S/C20H23F3N4O3/c1-13(2)18-24-16(30-25-18)7-8-17(28)26-9-11-27(12-10-26)19(29)14-5-3-4-6-15(14)20(21,22)23/h3-6,13H,7-12H2,1-2H3. The zero-order valence-electron chi connectivity index (χ0n) is 16.8. The van der Waals surface area contributed by atoms with Crippen molar-refractivity contribution >= 4 is 11.8 Å². The predicted octanol–water partition coefficient (Wildman–Crippen LogP) is 3.13. The van der Waals surface area contributed by atoms with Crippen molar-refractivity contribution in [2.75, 3.05) is 26.2 Å². The molecule has 0 aliphatic carbocycles. The van der Waals surface area contributed by atoms with Crippen molar-refractivity contribution in [2.45, 2.75) is 38.8 Å². The third-order valence-electron chi connectivity index (χ3n) is 4.94. The minimum absolute atomic E-state index is 0.123. The van der Waals surface area contributed by atoms with Gasteiger partial charge in [-0.15, -0.1) is 0 Å². The van der Waals surface area contributed by atoms with Gasteiger partial charge in [-0.2, -0.15) is 18.2 Å². The van der Waals surface area contributed by atoms with E-state index < -0.39 is 17.6 Å². The average molecular weight is 424 g/mol. The van der Waals surface area contributed by atoms with Crippen molar-refractivity contribution in [3.8, 4) is 0 Å². The van der Waals surface area contributed by atoms with Crippen LogP contribution in [0.5, 0.6) is 0 Å². The van der Waals surface area contributed by atoms with E-state index in [2.05, 4.69) is 10.1 Å². The molecule has 0 radical (unpaired) electrons. The molecule has 162 valence electrons. The Hall–Kier alpha value is -2.91. The Morgan fingerprint density at radius 2 is 1.73 bits per heavy atom. The van der Waals surface area contributed by atoms with Gasteiger partial charge in [0.05, 0.1) is 11.1 Å². The summed E-state index contributed by atoms with van der Waals surface area (Å²) in [4.78, 5) is 32.2. The van der Waals surface area contributed by atoms with Crippen LogP contribution in [0.3, 0.4) is 0 Å².